The highest BCUT2D eigenvalue weighted by Crippen LogP contribution is 2.44. The van der Waals surface area contributed by atoms with Crippen LogP contribution >= 0.6 is 0 Å². The Morgan fingerprint density at radius 3 is 2.34 bits per heavy atom. The Labute approximate surface area is 204 Å². The van der Waals surface area contributed by atoms with Gasteiger partial charge in [0.25, 0.3) is 0 Å². The highest BCUT2D eigenvalue weighted by molar-refractivity contribution is 5.91. The number of hydrogen-bond donors (Lipinski definition) is 2. The average Bonchev–Trinajstić information content (AvgIpc) is 3.49. The zero-order chi connectivity index (χ0) is 25.0. The summed E-state index contributed by atoms with van der Waals surface area (Å²) in [7, 11) is 1.41. The quantitative estimate of drug-likeness (QED) is 0.596. The van der Waals surface area contributed by atoms with Crippen molar-refractivity contribution in [3.8, 4) is 23.0 Å². The Morgan fingerprint density at radius 1 is 1.17 bits per heavy atom. The van der Waals surface area contributed by atoms with Crippen LogP contribution in [-0.4, -0.2) is 66.4 Å². The van der Waals surface area contributed by atoms with Crippen molar-refractivity contribution < 1.29 is 29.0 Å². The molecule has 2 aliphatic rings. The zero-order valence-electron chi connectivity index (χ0n) is 19.7. The van der Waals surface area contributed by atoms with Crippen LogP contribution in [0.15, 0.2) is 48.5 Å². The Bertz CT molecular complexity index is 1150. The second-order valence-electron chi connectivity index (χ2n) is 8.69. The van der Waals surface area contributed by atoms with E-state index < -0.39 is 29.6 Å². The topological polar surface area (TPSA) is 105 Å². The smallest absolute Gasteiger partial charge is 0.407 e. The number of benzene rings is 2. The number of alkyl carbamates (subject to hydrolysis) is 1. The number of fused-ring (bicyclic) bond motifs is 3. The number of amides is 2. The van der Waals surface area contributed by atoms with Gasteiger partial charge in [0.05, 0.1) is 6.61 Å². The van der Waals surface area contributed by atoms with Gasteiger partial charge in [-0.15, -0.1) is 11.8 Å². The number of hydrogen-bond acceptors (Lipinski definition) is 5. The predicted octanol–water partition coefficient (Wildman–Crippen LogP) is 3.01. The van der Waals surface area contributed by atoms with Crippen LogP contribution in [0.1, 0.15) is 36.8 Å². The minimum absolute atomic E-state index is 0.0282. The summed E-state index contributed by atoms with van der Waals surface area (Å²) < 4.78 is 10.8. The molecule has 1 heterocycles. The monoisotopic (exact) mass is 476 g/mol. The molecule has 182 valence electrons. The van der Waals surface area contributed by atoms with Gasteiger partial charge in [-0.25, -0.2) is 9.59 Å². The summed E-state index contributed by atoms with van der Waals surface area (Å²) in [6.45, 7) is 1.86. The van der Waals surface area contributed by atoms with Crippen molar-refractivity contribution in [3.63, 3.8) is 0 Å². The molecule has 1 aliphatic heterocycles. The van der Waals surface area contributed by atoms with E-state index in [2.05, 4.69) is 17.2 Å². The lowest BCUT2D eigenvalue weighted by Gasteiger charge is -2.35. The molecule has 4 rings (SSSR count). The maximum atomic E-state index is 13.2. The van der Waals surface area contributed by atoms with Gasteiger partial charge in [0.15, 0.2) is 5.54 Å². The van der Waals surface area contributed by atoms with Crippen molar-refractivity contribution >= 4 is 18.0 Å². The summed E-state index contributed by atoms with van der Waals surface area (Å²) in [5.74, 6) is 3.68. The molecule has 1 aliphatic carbocycles. The van der Waals surface area contributed by atoms with Gasteiger partial charge in [0.1, 0.15) is 12.6 Å². The molecule has 0 spiro atoms. The lowest BCUT2D eigenvalue weighted by atomic mass is 9.95. The molecule has 2 aromatic carbocycles. The summed E-state index contributed by atoms with van der Waals surface area (Å²) >= 11 is 0. The normalized spacial score (nSPS) is 19.0. The van der Waals surface area contributed by atoms with E-state index in [-0.39, 0.29) is 38.6 Å². The van der Waals surface area contributed by atoms with Crippen LogP contribution in [0.3, 0.4) is 0 Å². The van der Waals surface area contributed by atoms with Crippen molar-refractivity contribution in [1.82, 2.24) is 10.2 Å². The molecule has 8 heteroatoms. The fraction of sp³-hybridized carbons (Fsp3) is 0.370. The number of carboxylic acids is 1. The summed E-state index contributed by atoms with van der Waals surface area (Å²) in [5, 5.41) is 12.4. The van der Waals surface area contributed by atoms with Crippen LogP contribution in [0.25, 0.3) is 11.1 Å². The average molecular weight is 477 g/mol. The molecule has 2 atom stereocenters. The molecule has 2 aromatic rings. The van der Waals surface area contributed by atoms with Gasteiger partial charge < -0.3 is 24.8 Å². The predicted molar refractivity (Wildman–Crippen MR) is 129 cm³/mol. The number of aliphatic carboxylic acids is 1. The largest absolute Gasteiger partial charge is 0.479 e. The molecule has 1 saturated heterocycles. The molecule has 2 unspecified atom stereocenters. The van der Waals surface area contributed by atoms with E-state index in [1.807, 2.05) is 48.5 Å². The van der Waals surface area contributed by atoms with Gasteiger partial charge in [-0.1, -0.05) is 48.5 Å². The highest BCUT2D eigenvalue weighted by Gasteiger charge is 2.49. The van der Waals surface area contributed by atoms with E-state index in [0.29, 0.717) is 0 Å². The molecule has 0 saturated carbocycles. The van der Waals surface area contributed by atoms with Crippen molar-refractivity contribution in [1.29, 1.82) is 0 Å². The third-order valence-corrected chi connectivity index (χ3v) is 6.79. The summed E-state index contributed by atoms with van der Waals surface area (Å²) in [6, 6.07) is 15.0. The van der Waals surface area contributed by atoms with Crippen LogP contribution in [-0.2, 0) is 19.1 Å². The molecule has 2 amide bonds. The number of ether oxygens (including phenoxy) is 2. The third-order valence-electron chi connectivity index (χ3n) is 6.79. The Morgan fingerprint density at radius 2 is 1.80 bits per heavy atom. The first kappa shape index (κ1) is 24.3. The molecule has 2 N–H and O–H groups in total. The van der Waals surface area contributed by atoms with Crippen molar-refractivity contribution in [2.45, 2.75) is 37.3 Å². The first-order valence-electron chi connectivity index (χ1n) is 11.5. The lowest BCUT2D eigenvalue weighted by molar-refractivity contribution is -0.158. The highest BCUT2D eigenvalue weighted by atomic mass is 16.5. The molecule has 35 heavy (non-hydrogen) atoms. The van der Waals surface area contributed by atoms with Crippen molar-refractivity contribution in [3.05, 3.63) is 59.7 Å². The van der Waals surface area contributed by atoms with Crippen LogP contribution in [0.2, 0.25) is 0 Å². The van der Waals surface area contributed by atoms with E-state index in [4.69, 9.17) is 9.47 Å². The number of nitrogens with one attached hydrogen (secondary N) is 1. The number of carboxylic acid groups (broad SMARTS) is 1. The number of likely N-dealkylation sites (N-methyl/N-ethyl adjacent to an activating group) is 1. The maximum absolute atomic E-state index is 13.2. The Hall–Kier alpha value is -3.83. The second kappa shape index (κ2) is 10.2. The van der Waals surface area contributed by atoms with Gasteiger partial charge >= 0.3 is 12.1 Å². The Balaban J connectivity index is 1.46. The third kappa shape index (κ3) is 4.60. The summed E-state index contributed by atoms with van der Waals surface area (Å²) in [4.78, 5) is 39.1. The molecule has 0 aromatic heterocycles. The van der Waals surface area contributed by atoms with Crippen molar-refractivity contribution in [2.75, 3.05) is 26.9 Å². The number of rotatable bonds is 7. The number of nitrogens with zero attached hydrogens (tertiary/aromatic N) is 1. The van der Waals surface area contributed by atoms with E-state index in [1.165, 1.54) is 7.05 Å². The lowest BCUT2D eigenvalue weighted by Crippen LogP contribution is -2.60. The molecule has 0 radical (unpaired) electrons. The van der Waals surface area contributed by atoms with Gasteiger partial charge in [-0.3, -0.25) is 4.79 Å². The van der Waals surface area contributed by atoms with Gasteiger partial charge in [0, 0.05) is 32.4 Å². The van der Waals surface area contributed by atoms with Gasteiger partial charge in [0.2, 0.25) is 5.91 Å². The molecule has 0 bridgehead atoms. The first-order valence-corrected chi connectivity index (χ1v) is 11.5. The van der Waals surface area contributed by atoms with Crippen LogP contribution < -0.4 is 5.32 Å². The molecule has 8 nitrogen and oxygen atoms in total. The summed E-state index contributed by atoms with van der Waals surface area (Å²) in [6.07, 6.45) is -0.564. The maximum Gasteiger partial charge on any atom is 0.407 e. The standard InChI is InChI=1S/C27H28N2O6/c1-3-4-13-23(24(30)29(2)27(25(31)32)14-15-34-17-27)28-26(33)35-16-22-20-11-7-5-9-18(20)19-10-6-8-12-21(19)22/h5-12,22-23H,13-17H2,1-2H3,(H,28,33)(H,31,32). The van der Waals surface area contributed by atoms with E-state index in [1.54, 1.807) is 6.92 Å². The van der Waals surface area contributed by atoms with Crippen LogP contribution in [0.5, 0.6) is 0 Å². The number of carbonyl (C=O) groups excluding carboxylic acids is 2. The van der Waals surface area contributed by atoms with Crippen LogP contribution in [0.4, 0.5) is 4.79 Å². The van der Waals surface area contributed by atoms with Crippen molar-refractivity contribution in [2.24, 2.45) is 0 Å². The SMILES string of the molecule is CC#CCC(NC(=O)OCC1c2ccccc2-c2ccccc21)C(=O)N(C)C1(C(=O)O)CCOC1. The molecular formula is C27H28N2O6. The molecule has 1 fully saturated rings. The zero-order valence-corrected chi connectivity index (χ0v) is 19.7. The fourth-order valence-electron chi connectivity index (χ4n) is 4.76. The first-order chi connectivity index (χ1) is 16.9. The van der Waals surface area contributed by atoms with E-state index in [9.17, 15) is 19.5 Å². The molecular weight excluding hydrogens is 448 g/mol. The minimum Gasteiger partial charge on any atom is -0.479 e. The van der Waals surface area contributed by atoms with E-state index in [0.717, 1.165) is 27.2 Å². The number of carbonyl (C=O) groups is 3. The van der Waals surface area contributed by atoms with E-state index >= 15 is 0 Å². The Kier molecular flexibility index (Phi) is 7.08. The summed E-state index contributed by atoms with van der Waals surface area (Å²) in [5.41, 5.74) is 2.91. The van der Waals surface area contributed by atoms with Gasteiger partial charge in [-0.05, 0) is 29.2 Å². The van der Waals surface area contributed by atoms with Gasteiger partial charge in [-0.2, -0.15) is 0 Å². The van der Waals surface area contributed by atoms with Crippen LogP contribution in [0, 0.1) is 11.8 Å². The second-order valence-corrected chi connectivity index (χ2v) is 8.69. The minimum atomic E-state index is -1.47. The fourth-order valence-corrected chi connectivity index (χ4v) is 4.76.